The second-order valence-corrected chi connectivity index (χ2v) is 5.53. The van der Waals surface area contributed by atoms with E-state index in [4.69, 9.17) is 9.47 Å². The molecule has 6 nitrogen and oxygen atoms in total. The number of hydrogen-bond acceptors (Lipinski definition) is 4. The van der Waals surface area contributed by atoms with E-state index in [0.29, 0.717) is 26.1 Å². The molecule has 1 aliphatic rings. The van der Waals surface area contributed by atoms with Crippen molar-refractivity contribution >= 4 is 12.0 Å². The Hall–Kier alpha value is -2.08. The van der Waals surface area contributed by atoms with Gasteiger partial charge >= 0.3 is 6.09 Å². The largest absolute Gasteiger partial charge is 0.445 e. The fourth-order valence-corrected chi connectivity index (χ4v) is 2.61. The summed E-state index contributed by atoms with van der Waals surface area (Å²) in [5.41, 5.74) is 0.931. The number of ether oxygens (including phenoxy) is 2. The van der Waals surface area contributed by atoms with Crippen LogP contribution in [0.25, 0.3) is 0 Å². The third kappa shape index (κ3) is 5.25. The fourth-order valence-electron chi connectivity index (χ4n) is 2.61. The summed E-state index contributed by atoms with van der Waals surface area (Å²) in [5.74, 6) is -0.115. The van der Waals surface area contributed by atoms with E-state index in [1.54, 1.807) is 7.11 Å². The number of carbonyl (C=O) groups excluding carboxylic acids is 2. The SMILES string of the molecule is COCCCNC(=O)[C@@H]1CCCN1C(=O)OCc1ccccc1. The summed E-state index contributed by atoms with van der Waals surface area (Å²) < 4.78 is 10.3. The van der Waals surface area contributed by atoms with Gasteiger partial charge in [0.25, 0.3) is 0 Å². The minimum atomic E-state index is -0.430. The third-order valence-electron chi connectivity index (χ3n) is 3.82. The van der Waals surface area contributed by atoms with E-state index in [9.17, 15) is 9.59 Å². The van der Waals surface area contributed by atoms with Gasteiger partial charge in [-0.1, -0.05) is 30.3 Å². The van der Waals surface area contributed by atoms with Crippen LogP contribution in [-0.2, 0) is 20.9 Å². The molecule has 1 aromatic carbocycles. The van der Waals surface area contributed by atoms with Crippen LogP contribution in [0.3, 0.4) is 0 Å². The van der Waals surface area contributed by atoms with Gasteiger partial charge in [0.2, 0.25) is 5.91 Å². The van der Waals surface area contributed by atoms with E-state index < -0.39 is 12.1 Å². The van der Waals surface area contributed by atoms with Crippen molar-refractivity contribution < 1.29 is 19.1 Å². The Bertz CT molecular complexity index is 507. The normalized spacial score (nSPS) is 17.1. The summed E-state index contributed by atoms with van der Waals surface area (Å²) in [4.78, 5) is 25.9. The maximum atomic E-state index is 12.2. The highest BCUT2D eigenvalue weighted by Crippen LogP contribution is 2.19. The molecule has 1 atom stereocenters. The third-order valence-corrected chi connectivity index (χ3v) is 3.82. The molecule has 2 amide bonds. The van der Waals surface area contributed by atoms with Crippen molar-refractivity contribution in [2.75, 3.05) is 26.8 Å². The van der Waals surface area contributed by atoms with Crippen molar-refractivity contribution in [1.29, 1.82) is 0 Å². The molecule has 0 unspecified atom stereocenters. The van der Waals surface area contributed by atoms with Gasteiger partial charge in [0.05, 0.1) is 0 Å². The second-order valence-electron chi connectivity index (χ2n) is 5.53. The number of likely N-dealkylation sites (tertiary alicyclic amines) is 1. The van der Waals surface area contributed by atoms with Crippen molar-refractivity contribution in [1.82, 2.24) is 10.2 Å². The van der Waals surface area contributed by atoms with Gasteiger partial charge < -0.3 is 14.8 Å². The second kappa shape index (κ2) is 9.15. The lowest BCUT2D eigenvalue weighted by molar-refractivity contribution is -0.125. The topological polar surface area (TPSA) is 67.9 Å². The molecule has 0 aliphatic carbocycles. The first-order valence-corrected chi connectivity index (χ1v) is 7.96. The van der Waals surface area contributed by atoms with Crippen LogP contribution in [0.15, 0.2) is 30.3 Å². The highest BCUT2D eigenvalue weighted by molar-refractivity contribution is 5.86. The number of hydrogen-bond donors (Lipinski definition) is 1. The minimum absolute atomic E-state index is 0.115. The zero-order chi connectivity index (χ0) is 16.5. The van der Waals surface area contributed by atoms with Gasteiger partial charge in [0.1, 0.15) is 12.6 Å². The van der Waals surface area contributed by atoms with Crippen molar-refractivity contribution in [2.24, 2.45) is 0 Å². The van der Waals surface area contributed by atoms with Crippen molar-refractivity contribution in [2.45, 2.75) is 31.9 Å². The van der Waals surface area contributed by atoms with Crippen LogP contribution < -0.4 is 5.32 Å². The summed E-state index contributed by atoms with van der Waals surface area (Å²) in [6.45, 7) is 1.94. The van der Waals surface area contributed by atoms with Gasteiger partial charge in [-0.2, -0.15) is 0 Å². The molecule has 23 heavy (non-hydrogen) atoms. The Kier molecular flexibility index (Phi) is 6.87. The Labute approximate surface area is 136 Å². The summed E-state index contributed by atoms with van der Waals surface area (Å²) in [6, 6.07) is 9.08. The number of nitrogens with one attached hydrogen (secondary N) is 1. The highest BCUT2D eigenvalue weighted by atomic mass is 16.6. The summed E-state index contributed by atoms with van der Waals surface area (Å²) >= 11 is 0. The van der Waals surface area contributed by atoms with Crippen LogP contribution in [0, 0.1) is 0 Å². The lowest BCUT2D eigenvalue weighted by Crippen LogP contribution is -2.46. The minimum Gasteiger partial charge on any atom is -0.445 e. The van der Waals surface area contributed by atoms with Crippen LogP contribution in [0.1, 0.15) is 24.8 Å². The van der Waals surface area contributed by atoms with Gasteiger partial charge in [-0.05, 0) is 24.8 Å². The summed E-state index contributed by atoms with van der Waals surface area (Å²) in [7, 11) is 1.63. The summed E-state index contributed by atoms with van der Waals surface area (Å²) in [5, 5.41) is 2.85. The van der Waals surface area contributed by atoms with Gasteiger partial charge in [0.15, 0.2) is 0 Å². The van der Waals surface area contributed by atoms with E-state index >= 15 is 0 Å². The Morgan fingerprint density at radius 2 is 2.09 bits per heavy atom. The molecule has 0 bridgehead atoms. The molecule has 0 aromatic heterocycles. The standard InChI is InChI=1S/C17H24N2O4/c1-22-12-6-10-18-16(20)15-9-5-11-19(15)17(21)23-13-14-7-3-2-4-8-14/h2-4,7-8,15H,5-6,9-13H2,1H3,(H,18,20)/t15-/m0/s1. The van der Waals surface area contributed by atoms with Gasteiger partial charge in [-0.15, -0.1) is 0 Å². The molecule has 1 saturated heterocycles. The number of carbonyl (C=O) groups is 2. The zero-order valence-electron chi connectivity index (χ0n) is 13.5. The van der Waals surface area contributed by atoms with Crippen LogP contribution in [0.4, 0.5) is 4.79 Å². The van der Waals surface area contributed by atoms with E-state index in [0.717, 1.165) is 18.4 Å². The molecule has 1 aliphatic heterocycles. The van der Waals surface area contributed by atoms with Crippen molar-refractivity contribution in [3.05, 3.63) is 35.9 Å². The van der Waals surface area contributed by atoms with Crippen LogP contribution in [-0.4, -0.2) is 49.7 Å². The molecule has 0 spiro atoms. The molecule has 1 aromatic rings. The molecule has 1 fully saturated rings. The lowest BCUT2D eigenvalue weighted by atomic mass is 10.2. The van der Waals surface area contributed by atoms with Crippen LogP contribution >= 0.6 is 0 Å². The summed E-state index contributed by atoms with van der Waals surface area (Å²) in [6.07, 6.45) is 1.82. The first kappa shape index (κ1) is 17.3. The molecule has 1 N–H and O–H groups in total. The monoisotopic (exact) mass is 320 g/mol. The molecule has 2 rings (SSSR count). The maximum absolute atomic E-state index is 12.2. The molecular formula is C17H24N2O4. The number of amides is 2. The number of benzene rings is 1. The van der Waals surface area contributed by atoms with Gasteiger partial charge in [0, 0.05) is 26.8 Å². The zero-order valence-corrected chi connectivity index (χ0v) is 13.5. The first-order chi connectivity index (χ1) is 11.2. The van der Waals surface area contributed by atoms with Gasteiger partial charge in [-0.3, -0.25) is 9.69 Å². The highest BCUT2D eigenvalue weighted by Gasteiger charge is 2.34. The quantitative estimate of drug-likeness (QED) is 0.780. The van der Waals surface area contributed by atoms with Crippen molar-refractivity contribution in [3.8, 4) is 0 Å². The number of methoxy groups -OCH3 is 1. The van der Waals surface area contributed by atoms with Crippen LogP contribution in [0.2, 0.25) is 0 Å². The predicted octanol–water partition coefficient (Wildman–Crippen LogP) is 1.94. The molecule has 126 valence electrons. The Balaban J connectivity index is 1.80. The predicted molar refractivity (Wildman–Crippen MR) is 85.9 cm³/mol. The van der Waals surface area contributed by atoms with Gasteiger partial charge in [-0.25, -0.2) is 4.79 Å². The van der Waals surface area contributed by atoms with E-state index in [2.05, 4.69) is 5.32 Å². The lowest BCUT2D eigenvalue weighted by Gasteiger charge is -2.23. The van der Waals surface area contributed by atoms with E-state index in [1.165, 1.54) is 4.90 Å². The smallest absolute Gasteiger partial charge is 0.410 e. The molecule has 6 heteroatoms. The molecule has 0 saturated carbocycles. The average molecular weight is 320 g/mol. The first-order valence-electron chi connectivity index (χ1n) is 7.96. The number of nitrogens with zero attached hydrogens (tertiary/aromatic N) is 1. The molecule has 0 radical (unpaired) electrons. The fraction of sp³-hybridized carbons (Fsp3) is 0.529. The Morgan fingerprint density at radius 1 is 1.30 bits per heavy atom. The molecule has 1 heterocycles. The van der Waals surface area contributed by atoms with Crippen LogP contribution in [0.5, 0.6) is 0 Å². The average Bonchev–Trinajstić information content (AvgIpc) is 3.07. The Morgan fingerprint density at radius 3 is 2.83 bits per heavy atom. The maximum Gasteiger partial charge on any atom is 0.410 e. The van der Waals surface area contributed by atoms with Crippen molar-refractivity contribution in [3.63, 3.8) is 0 Å². The van der Waals surface area contributed by atoms with E-state index in [-0.39, 0.29) is 12.5 Å². The van der Waals surface area contributed by atoms with E-state index in [1.807, 2.05) is 30.3 Å². The number of rotatable bonds is 7. The molecular weight excluding hydrogens is 296 g/mol.